The summed E-state index contributed by atoms with van der Waals surface area (Å²) in [5, 5.41) is 10.7. The van der Waals surface area contributed by atoms with E-state index >= 15 is 0 Å². The summed E-state index contributed by atoms with van der Waals surface area (Å²) in [6.07, 6.45) is 7.45. The van der Waals surface area contributed by atoms with Crippen LogP contribution in [0.3, 0.4) is 0 Å². The summed E-state index contributed by atoms with van der Waals surface area (Å²) in [5.74, 6) is -0.415. The van der Waals surface area contributed by atoms with E-state index in [9.17, 15) is 14.4 Å². The molecule has 0 spiro atoms. The number of pyridine rings is 1. The fraction of sp³-hybridized carbons (Fsp3) is 0.346. The van der Waals surface area contributed by atoms with E-state index in [1.54, 1.807) is 12.3 Å². The van der Waals surface area contributed by atoms with Crippen molar-refractivity contribution in [2.75, 3.05) is 19.3 Å². The molecule has 0 N–H and O–H groups in total. The number of aromatic nitrogens is 1. The molecule has 2 aliphatic rings. The quantitative estimate of drug-likeness (QED) is 0.527. The summed E-state index contributed by atoms with van der Waals surface area (Å²) >= 11 is 1.85. The van der Waals surface area contributed by atoms with Crippen molar-refractivity contribution in [1.29, 1.82) is 5.26 Å². The topological polar surface area (TPSA) is 57.0 Å². The molecule has 32 heavy (non-hydrogen) atoms. The molecule has 0 radical (unpaired) electrons. The lowest BCUT2D eigenvalue weighted by Gasteiger charge is -2.31. The Balaban J connectivity index is 1.59. The van der Waals surface area contributed by atoms with E-state index in [4.69, 9.17) is 0 Å². The summed E-state index contributed by atoms with van der Waals surface area (Å²) < 4.78 is 14.2. The van der Waals surface area contributed by atoms with E-state index in [1.165, 1.54) is 12.1 Å². The Kier molecular flexibility index (Phi) is 5.38. The van der Waals surface area contributed by atoms with Gasteiger partial charge in [-0.05, 0) is 61.3 Å². The predicted molar refractivity (Wildman–Crippen MR) is 126 cm³/mol. The molecule has 6 heteroatoms. The summed E-state index contributed by atoms with van der Waals surface area (Å²) in [4.78, 5) is 19.9. The minimum Gasteiger partial charge on any atom is -0.339 e. The van der Waals surface area contributed by atoms with Crippen molar-refractivity contribution in [2.45, 2.75) is 36.3 Å². The molecule has 1 amide bonds. The average Bonchev–Trinajstić information content (AvgIpc) is 3.64. The maximum Gasteiger partial charge on any atom is 0.256 e. The second-order valence-corrected chi connectivity index (χ2v) is 9.84. The maximum atomic E-state index is 14.2. The lowest BCUT2D eigenvalue weighted by molar-refractivity contribution is 0.0728. The van der Waals surface area contributed by atoms with Gasteiger partial charge >= 0.3 is 0 Å². The SMILES string of the molecule is CSC1CCN(C(=O)c2cnc3ccc(F)cc3c2-c2ccc(C3(C#N)CC3)cc2)CC1. The van der Waals surface area contributed by atoms with E-state index in [1.807, 2.05) is 40.9 Å². The normalized spacial score (nSPS) is 17.8. The lowest BCUT2D eigenvalue weighted by Crippen LogP contribution is -2.39. The van der Waals surface area contributed by atoms with Crippen LogP contribution in [-0.4, -0.2) is 40.4 Å². The molecule has 0 bridgehead atoms. The van der Waals surface area contributed by atoms with Crippen LogP contribution in [0, 0.1) is 17.1 Å². The highest BCUT2D eigenvalue weighted by Crippen LogP contribution is 2.48. The number of carbonyl (C=O) groups is 1. The largest absolute Gasteiger partial charge is 0.339 e. The molecule has 0 atom stereocenters. The number of amides is 1. The summed E-state index contributed by atoms with van der Waals surface area (Å²) in [6.45, 7) is 1.43. The van der Waals surface area contributed by atoms with Crippen LogP contribution in [-0.2, 0) is 5.41 Å². The number of nitriles is 1. The number of piperidine rings is 1. The van der Waals surface area contributed by atoms with Crippen LogP contribution in [0.4, 0.5) is 4.39 Å². The molecule has 2 fully saturated rings. The monoisotopic (exact) mass is 445 g/mol. The Morgan fingerprint density at radius 2 is 1.91 bits per heavy atom. The van der Waals surface area contributed by atoms with Crippen molar-refractivity contribution in [3.63, 3.8) is 0 Å². The number of fused-ring (bicyclic) bond motifs is 1. The Morgan fingerprint density at radius 1 is 1.19 bits per heavy atom. The van der Waals surface area contributed by atoms with Gasteiger partial charge in [0, 0.05) is 35.5 Å². The first-order valence-corrected chi connectivity index (χ1v) is 12.3. The summed E-state index contributed by atoms with van der Waals surface area (Å²) in [6, 6.07) is 14.8. The van der Waals surface area contributed by atoms with E-state index in [0.29, 0.717) is 40.4 Å². The fourth-order valence-electron chi connectivity index (χ4n) is 4.65. The van der Waals surface area contributed by atoms with Crippen LogP contribution in [0.1, 0.15) is 41.6 Å². The Hall–Kier alpha value is -2.91. The Bertz CT molecular complexity index is 1220. The molecular formula is C26H24FN3OS. The predicted octanol–water partition coefficient (Wildman–Crippen LogP) is 5.56. The lowest BCUT2D eigenvalue weighted by atomic mass is 9.91. The van der Waals surface area contributed by atoms with Crippen LogP contribution < -0.4 is 0 Å². The molecule has 4 nitrogen and oxygen atoms in total. The van der Waals surface area contributed by atoms with Gasteiger partial charge in [0.1, 0.15) is 5.82 Å². The van der Waals surface area contributed by atoms with Crippen LogP contribution in [0.5, 0.6) is 0 Å². The van der Waals surface area contributed by atoms with Crippen molar-refractivity contribution in [2.24, 2.45) is 0 Å². The minimum atomic E-state index is -0.370. The van der Waals surface area contributed by atoms with Crippen LogP contribution in [0.25, 0.3) is 22.0 Å². The van der Waals surface area contributed by atoms with Crippen molar-refractivity contribution < 1.29 is 9.18 Å². The number of likely N-dealkylation sites (tertiary alicyclic amines) is 1. The van der Waals surface area contributed by atoms with Gasteiger partial charge < -0.3 is 4.90 Å². The van der Waals surface area contributed by atoms with Crippen molar-refractivity contribution in [3.05, 3.63) is 65.6 Å². The first-order chi connectivity index (χ1) is 15.5. The highest BCUT2D eigenvalue weighted by atomic mass is 32.2. The smallest absolute Gasteiger partial charge is 0.256 e. The van der Waals surface area contributed by atoms with E-state index in [2.05, 4.69) is 17.3 Å². The van der Waals surface area contributed by atoms with E-state index in [-0.39, 0.29) is 17.1 Å². The van der Waals surface area contributed by atoms with Gasteiger partial charge in [-0.2, -0.15) is 17.0 Å². The first-order valence-electron chi connectivity index (χ1n) is 11.0. The second kappa shape index (κ2) is 8.22. The minimum absolute atomic E-state index is 0.0574. The van der Waals surface area contributed by atoms with Crippen molar-refractivity contribution in [1.82, 2.24) is 9.88 Å². The number of hydrogen-bond donors (Lipinski definition) is 0. The molecule has 2 aromatic carbocycles. The molecular weight excluding hydrogens is 421 g/mol. The fourth-order valence-corrected chi connectivity index (χ4v) is 5.33. The molecule has 0 unspecified atom stereocenters. The molecule has 2 heterocycles. The van der Waals surface area contributed by atoms with Crippen molar-refractivity contribution in [3.8, 4) is 17.2 Å². The third-order valence-electron chi connectivity index (χ3n) is 6.81. The van der Waals surface area contributed by atoms with Gasteiger partial charge in [0.25, 0.3) is 5.91 Å². The van der Waals surface area contributed by atoms with Gasteiger partial charge in [-0.15, -0.1) is 0 Å². The van der Waals surface area contributed by atoms with E-state index in [0.717, 1.165) is 36.8 Å². The number of benzene rings is 2. The number of thioether (sulfide) groups is 1. The highest BCUT2D eigenvalue weighted by molar-refractivity contribution is 7.99. The summed E-state index contributed by atoms with van der Waals surface area (Å²) in [7, 11) is 0. The zero-order valence-corrected chi connectivity index (χ0v) is 18.8. The van der Waals surface area contributed by atoms with Gasteiger partial charge in [-0.25, -0.2) is 4.39 Å². The van der Waals surface area contributed by atoms with Crippen LogP contribution in [0.15, 0.2) is 48.7 Å². The third-order valence-corrected chi connectivity index (χ3v) is 7.95. The first kappa shape index (κ1) is 21.0. The van der Waals surface area contributed by atoms with Gasteiger partial charge in [-0.1, -0.05) is 24.3 Å². The van der Waals surface area contributed by atoms with Gasteiger partial charge in [0.05, 0.1) is 22.6 Å². The third kappa shape index (κ3) is 3.65. The van der Waals surface area contributed by atoms with Gasteiger partial charge in [0.15, 0.2) is 0 Å². The van der Waals surface area contributed by atoms with Crippen molar-refractivity contribution >= 4 is 28.6 Å². The highest BCUT2D eigenvalue weighted by Gasteiger charge is 2.44. The summed E-state index contributed by atoms with van der Waals surface area (Å²) in [5.41, 5.74) is 3.33. The molecule has 1 aliphatic carbocycles. The number of nitrogens with zero attached hydrogens (tertiary/aromatic N) is 3. The Morgan fingerprint density at radius 3 is 2.53 bits per heavy atom. The molecule has 1 saturated heterocycles. The van der Waals surface area contributed by atoms with E-state index < -0.39 is 0 Å². The molecule has 1 aliphatic heterocycles. The molecule has 1 aromatic heterocycles. The van der Waals surface area contributed by atoms with Gasteiger partial charge in [0.2, 0.25) is 0 Å². The molecule has 1 saturated carbocycles. The number of halogens is 1. The van der Waals surface area contributed by atoms with Gasteiger partial charge in [-0.3, -0.25) is 9.78 Å². The average molecular weight is 446 g/mol. The standard InChI is InChI=1S/C26H24FN3OS/c1-32-20-8-12-30(13-9-20)25(31)22-15-29-23-7-6-19(27)14-21(23)24(22)17-2-4-18(5-3-17)26(16-28)10-11-26/h2-7,14-15,20H,8-13H2,1H3. The second-order valence-electron chi connectivity index (χ2n) is 8.71. The Labute approximate surface area is 191 Å². The zero-order chi connectivity index (χ0) is 22.3. The van der Waals surface area contributed by atoms with Crippen LogP contribution >= 0.6 is 11.8 Å². The molecule has 162 valence electrons. The number of rotatable bonds is 4. The molecule has 5 rings (SSSR count). The van der Waals surface area contributed by atoms with Crippen LogP contribution in [0.2, 0.25) is 0 Å². The number of carbonyl (C=O) groups excluding carboxylic acids is 1. The molecule has 3 aromatic rings. The number of hydrogen-bond acceptors (Lipinski definition) is 4. The maximum absolute atomic E-state index is 14.2. The zero-order valence-electron chi connectivity index (χ0n) is 18.0.